The second-order valence-electron chi connectivity index (χ2n) is 7.17. The molecule has 1 fully saturated rings. The first kappa shape index (κ1) is 21.4. The number of amides is 1. The molecule has 3 heterocycles. The summed E-state index contributed by atoms with van der Waals surface area (Å²) in [7, 11) is -3.51. The number of aromatic nitrogens is 2. The number of piperidine rings is 1. The molecule has 0 atom stereocenters. The van der Waals surface area contributed by atoms with Crippen molar-refractivity contribution >= 4 is 38.5 Å². The Kier molecular flexibility index (Phi) is 6.55. The quantitative estimate of drug-likeness (QED) is 0.611. The Hall–Kier alpha value is -2.88. The number of rotatable bonds is 6. The van der Waals surface area contributed by atoms with Crippen LogP contribution >= 0.6 is 11.3 Å². The summed E-state index contributed by atoms with van der Waals surface area (Å²) >= 11 is 1.35. The summed E-state index contributed by atoms with van der Waals surface area (Å²) < 4.78 is 26.6. The molecule has 1 N–H and O–H groups in total. The first-order valence-corrected chi connectivity index (χ1v) is 12.3. The van der Waals surface area contributed by atoms with Gasteiger partial charge in [0, 0.05) is 36.0 Å². The van der Waals surface area contributed by atoms with Crippen molar-refractivity contribution in [3.63, 3.8) is 0 Å². The SMILES string of the molecule is O=C(Nc1nc(-c2ccccn2)cs1)C1CCN(S(=O)(=O)C=Cc2ccccc2)CC1. The molecular weight excluding hydrogens is 432 g/mol. The van der Waals surface area contributed by atoms with Gasteiger partial charge in [0.25, 0.3) is 0 Å². The zero-order valence-corrected chi connectivity index (χ0v) is 18.3. The third-order valence-corrected chi connectivity index (χ3v) is 7.40. The van der Waals surface area contributed by atoms with Gasteiger partial charge < -0.3 is 5.32 Å². The molecule has 1 aliphatic rings. The van der Waals surface area contributed by atoms with E-state index in [4.69, 9.17) is 0 Å². The van der Waals surface area contributed by atoms with Crippen LogP contribution in [-0.4, -0.2) is 41.7 Å². The monoisotopic (exact) mass is 454 g/mol. The molecular formula is C22H22N4O3S2. The van der Waals surface area contributed by atoms with E-state index in [2.05, 4.69) is 15.3 Å². The molecule has 0 aliphatic carbocycles. The molecule has 0 spiro atoms. The fraction of sp³-hybridized carbons (Fsp3) is 0.227. The van der Waals surface area contributed by atoms with Crippen LogP contribution in [0.25, 0.3) is 17.5 Å². The number of nitrogens with one attached hydrogen (secondary N) is 1. The van der Waals surface area contributed by atoms with E-state index < -0.39 is 10.0 Å². The second-order valence-corrected chi connectivity index (χ2v) is 9.85. The van der Waals surface area contributed by atoms with Crippen LogP contribution in [0.4, 0.5) is 5.13 Å². The molecule has 3 aromatic rings. The van der Waals surface area contributed by atoms with Gasteiger partial charge in [0.1, 0.15) is 5.69 Å². The van der Waals surface area contributed by atoms with Crippen LogP contribution in [0, 0.1) is 5.92 Å². The highest BCUT2D eigenvalue weighted by atomic mass is 32.2. The summed E-state index contributed by atoms with van der Waals surface area (Å²) in [5.41, 5.74) is 2.29. The molecule has 0 saturated carbocycles. The van der Waals surface area contributed by atoms with Crippen LogP contribution in [0.15, 0.2) is 65.5 Å². The summed E-state index contributed by atoms with van der Waals surface area (Å²) in [5, 5.41) is 6.47. The Balaban J connectivity index is 1.32. The second kappa shape index (κ2) is 9.51. The van der Waals surface area contributed by atoms with E-state index in [-0.39, 0.29) is 11.8 Å². The van der Waals surface area contributed by atoms with Crippen molar-refractivity contribution in [1.82, 2.24) is 14.3 Å². The van der Waals surface area contributed by atoms with E-state index in [9.17, 15) is 13.2 Å². The number of hydrogen-bond donors (Lipinski definition) is 1. The Morgan fingerprint density at radius 1 is 1.06 bits per heavy atom. The summed E-state index contributed by atoms with van der Waals surface area (Å²) in [6, 6.07) is 14.9. The fourth-order valence-electron chi connectivity index (χ4n) is 3.36. The lowest BCUT2D eigenvalue weighted by molar-refractivity contribution is -0.120. The van der Waals surface area contributed by atoms with Gasteiger partial charge in [-0.15, -0.1) is 11.3 Å². The van der Waals surface area contributed by atoms with Crippen LogP contribution in [0.5, 0.6) is 0 Å². The fourth-order valence-corrected chi connectivity index (χ4v) is 5.29. The molecule has 1 amide bonds. The minimum Gasteiger partial charge on any atom is -0.302 e. The molecule has 9 heteroatoms. The predicted molar refractivity (Wildman–Crippen MR) is 123 cm³/mol. The number of sulfonamides is 1. The van der Waals surface area contributed by atoms with Gasteiger partial charge in [0.15, 0.2) is 5.13 Å². The zero-order chi connectivity index (χ0) is 21.7. The highest BCUT2D eigenvalue weighted by Crippen LogP contribution is 2.26. The number of pyridine rings is 1. The van der Waals surface area contributed by atoms with Gasteiger partial charge in [0.05, 0.1) is 5.69 Å². The number of nitrogens with zero attached hydrogens (tertiary/aromatic N) is 3. The highest BCUT2D eigenvalue weighted by molar-refractivity contribution is 7.92. The minimum atomic E-state index is -3.51. The van der Waals surface area contributed by atoms with Gasteiger partial charge in [0.2, 0.25) is 15.9 Å². The molecule has 2 aromatic heterocycles. The maximum Gasteiger partial charge on any atom is 0.236 e. The lowest BCUT2D eigenvalue weighted by Crippen LogP contribution is -2.40. The molecule has 31 heavy (non-hydrogen) atoms. The molecule has 0 bridgehead atoms. The number of benzene rings is 1. The van der Waals surface area contributed by atoms with Gasteiger partial charge in [-0.3, -0.25) is 9.78 Å². The van der Waals surface area contributed by atoms with Crippen molar-refractivity contribution in [2.24, 2.45) is 5.92 Å². The molecule has 1 aromatic carbocycles. The van der Waals surface area contributed by atoms with E-state index in [0.717, 1.165) is 11.3 Å². The first-order chi connectivity index (χ1) is 15.0. The number of hydrogen-bond acceptors (Lipinski definition) is 6. The zero-order valence-electron chi connectivity index (χ0n) is 16.7. The van der Waals surface area contributed by atoms with Crippen LogP contribution < -0.4 is 5.32 Å². The number of thiazole rings is 1. The van der Waals surface area contributed by atoms with Gasteiger partial charge in [-0.05, 0) is 36.6 Å². The van der Waals surface area contributed by atoms with Crippen molar-refractivity contribution in [2.75, 3.05) is 18.4 Å². The van der Waals surface area contributed by atoms with Gasteiger partial charge >= 0.3 is 0 Å². The van der Waals surface area contributed by atoms with E-state index in [0.29, 0.717) is 36.8 Å². The van der Waals surface area contributed by atoms with Crippen molar-refractivity contribution in [3.8, 4) is 11.4 Å². The minimum absolute atomic E-state index is 0.126. The lowest BCUT2D eigenvalue weighted by Gasteiger charge is -2.29. The average molecular weight is 455 g/mol. The maximum atomic E-state index is 12.6. The Morgan fingerprint density at radius 3 is 2.52 bits per heavy atom. The predicted octanol–water partition coefficient (Wildman–Crippen LogP) is 3.86. The Morgan fingerprint density at radius 2 is 1.81 bits per heavy atom. The lowest BCUT2D eigenvalue weighted by atomic mass is 9.97. The van der Waals surface area contributed by atoms with Crippen molar-refractivity contribution in [1.29, 1.82) is 0 Å². The van der Waals surface area contributed by atoms with Crippen molar-refractivity contribution < 1.29 is 13.2 Å². The van der Waals surface area contributed by atoms with E-state index >= 15 is 0 Å². The normalized spacial score (nSPS) is 15.9. The average Bonchev–Trinajstić information content (AvgIpc) is 3.28. The largest absolute Gasteiger partial charge is 0.302 e. The van der Waals surface area contributed by atoms with Gasteiger partial charge in [-0.25, -0.2) is 13.4 Å². The molecule has 7 nitrogen and oxygen atoms in total. The van der Waals surface area contributed by atoms with E-state index in [1.807, 2.05) is 53.9 Å². The third kappa shape index (κ3) is 5.43. The summed E-state index contributed by atoms with van der Waals surface area (Å²) in [6.45, 7) is 0.632. The van der Waals surface area contributed by atoms with Crippen molar-refractivity contribution in [2.45, 2.75) is 12.8 Å². The summed E-state index contributed by atoms with van der Waals surface area (Å²) in [6.07, 6.45) is 4.24. The Bertz CT molecular complexity index is 1150. The highest BCUT2D eigenvalue weighted by Gasteiger charge is 2.30. The van der Waals surface area contributed by atoms with E-state index in [1.54, 1.807) is 12.3 Å². The summed E-state index contributed by atoms with van der Waals surface area (Å²) in [4.78, 5) is 21.3. The topological polar surface area (TPSA) is 92.3 Å². The summed E-state index contributed by atoms with van der Waals surface area (Å²) in [5.74, 6) is -0.370. The number of carbonyl (C=O) groups is 1. The van der Waals surface area contributed by atoms with Crippen molar-refractivity contribution in [3.05, 3.63) is 71.1 Å². The van der Waals surface area contributed by atoms with Crippen LogP contribution in [-0.2, 0) is 14.8 Å². The standard InChI is InChI=1S/C22H22N4O3S2/c27-21(25-22-24-20(16-30-22)19-8-4-5-12-23-19)18-9-13-26(14-10-18)31(28,29)15-11-17-6-2-1-3-7-17/h1-8,11-12,15-16,18H,9-10,13-14H2,(H,24,25,27). The molecule has 0 radical (unpaired) electrons. The number of anilines is 1. The van der Waals surface area contributed by atoms with Crippen LogP contribution in [0.3, 0.4) is 0 Å². The smallest absolute Gasteiger partial charge is 0.236 e. The molecule has 4 rings (SSSR count). The maximum absolute atomic E-state index is 12.6. The van der Waals surface area contributed by atoms with Gasteiger partial charge in [-0.1, -0.05) is 36.4 Å². The molecule has 1 aliphatic heterocycles. The molecule has 1 saturated heterocycles. The third-order valence-electron chi connectivity index (χ3n) is 5.08. The Labute approximate surface area is 185 Å². The van der Waals surface area contributed by atoms with Crippen LogP contribution in [0.1, 0.15) is 18.4 Å². The first-order valence-electron chi connectivity index (χ1n) is 9.92. The number of carbonyl (C=O) groups excluding carboxylic acids is 1. The van der Waals surface area contributed by atoms with E-state index in [1.165, 1.54) is 21.1 Å². The van der Waals surface area contributed by atoms with Crippen LogP contribution in [0.2, 0.25) is 0 Å². The van der Waals surface area contributed by atoms with Gasteiger partial charge in [-0.2, -0.15) is 4.31 Å². The molecule has 0 unspecified atom stereocenters. The molecule has 160 valence electrons.